The molecule has 0 saturated heterocycles. The molecule has 3 aromatic rings. The molecule has 0 aliphatic heterocycles. The molecule has 0 aliphatic carbocycles. The first-order chi connectivity index (χ1) is 39.0. The Morgan fingerprint density at radius 1 is 0.287 bits per heavy atom. The van der Waals surface area contributed by atoms with Gasteiger partial charge in [0.25, 0.3) is 0 Å². The van der Waals surface area contributed by atoms with Crippen molar-refractivity contribution in [3.05, 3.63) is 134 Å². The van der Waals surface area contributed by atoms with Gasteiger partial charge in [-0.05, 0) is 156 Å². The molecule has 0 heterocycles. The van der Waals surface area contributed by atoms with Crippen LogP contribution in [-0.2, 0) is 152 Å². The molecule has 0 saturated carbocycles. The zero-order valence-corrected chi connectivity index (χ0v) is 76.5. The van der Waals surface area contributed by atoms with Gasteiger partial charge in [0.2, 0.25) is 0 Å². The summed E-state index contributed by atoms with van der Waals surface area (Å²) >= 11 is 0. The van der Waals surface area contributed by atoms with Crippen LogP contribution in [0.25, 0.3) is 0 Å². The number of phenols is 3. The molecule has 3 rings (SSSR count). The number of rotatable bonds is 6. The van der Waals surface area contributed by atoms with Crippen LogP contribution in [0.3, 0.4) is 0 Å². The second-order valence-corrected chi connectivity index (χ2v) is 18.4. The maximum absolute atomic E-state index is 8.63. The van der Waals surface area contributed by atoms with Crippen molar-refractivity contribution in [1.82, 2.24) is 0 Å². The average Bonchev–Trinajstić information content (AvgIpc) is 3.45. The van der Waals surface area contributed by atoms with Gasteiger partial charge < -0.3 is 135 Å². The van der Waals surface area contributed by atoms with Crippen molar-refractivity contribution in [3.8, 4) is 17.2 Å². The summed E-state index contributed by atoms with van der Waals surface area (Å²) in [5.41, 5.74) is -1.50. The van der Waals surface area contributed by atoms with Crippen LogP contribution >= 0.6 is 0 Å². The van der Waals surface area contributed by atoms with Crippen LogP contribution in [-0.4, -0.2) is 190 Å². The second-order valence-electron chi connectivity index (χ2n) is 18.4. The minimum atomic E-state index is -0.500. The van der Waals surface area contributed by atoms with Crippen LogP contribution in [0.1, 0.15) is 185 Å². The molecule has 18 nitrogen and oxygen atoms in total. The Balaban J connectivity index is -0.0000000188. The quantitative estimate of drug-likeness (QED) is 0.0805. The molecule has 0 atom stereocenters. The van der Waals surface area contributed by atoms with E-state index >= 15 is 0 Å². The minimum absolute atomic E-state index is 0. The third-order valence-corrected chi connectivity index (χ3v) is 4.03. The molecule has 0 radical (unpaired) electrons. The molecule has 0 spiro atoms. The second kappa shape index (κ2) is 199. The van der Waals surface area contributed by atoms with Crippen molar-refractivity contribution in [1.29, 1.82) is 0 Å². The molecule has 94 heavy (non-hydrogen) atoms. The fraction of sp³-hybridized carbons (Fsp3) is 0.652. The maximum atomic E-state index is 8.63. The first-order valence-corrected chi connectivity index (χ1v) is 28.3. The van der Waals surface area contributed by atoms with Crippen molar-refractivity contribution in [2.45, 2.75) is 202 Å². The predicted molar refractivity (Wildman–Crippen MR) is 383 cm³/mol. The fourth-order valence-corrected chi connectivity index (χ4v) is 1.28. The normalized spacial score (nSPS) is 7.28. The topological polar surface area (TPSA) is 364 Å². The van der Waals surface area contributed by atoms with Crippen molar-refractivity contribution in [2.24, 2.45) is 17.8 Å². The first kappa shape index (κ1) is 187. The molecule has 0 unspecified atom stereocenters. The Kier molecular flexibility index (Phi) is 395. The first-order valence-electron chi connectivity index (χ1n) is 28.3. The van der Waals surface area contributed by atoms with Gasteiger partial charge >= 0.3 is 0 Å². The molecule has 25 heteroatoms. The monoisotopic (exact) mass is 1610 g/mol. The Hall–Kier alpha value is 1.46. The predicted octanol–water partition coefficient (Wildman–Crippen LogP) is 12.3. The van der Waals surface area contributed by atoms with Gasteiger partial charge in [-0.2, -0.15) is 20.8 Å². The third-order valence-electron chi connectivity index (χ3n) is 4.03. The van der Waals surface area contributed by atoms with Gasteiger partial charge in [0, 0.05) is 233 Å². The van der Waals surface area contributed by atoms with Gasteiger partial charge in [-0.15, -0.1) is 0 Å². The molecule has 0 bridgehead atoms. The summed E-state index contributed by atoms with van der Waals surface area (Å²) in [5.74, 6) is 2.28. The zero-order valence-electron chi connectivity index (χ0n) is 65.5. The summed E-state index contributed by atoms with van der Waals surface area (Å²) in [4.78, 5) is 0. The zero-order chi connectivity index (χ0) is 72.1. The van der Waals surface area contributed by atoms with Gasteiger partial charge in [-0.1, -0.05) is 117 Å². The van der Waals surface area contributed by atoms with Crippen molar-refractivity contribution < 1.29 is 244 Å². The van der Waals surface area contributed by atoms with E-state index in [2.05, 4.69) is 20.8 Å². The molecule has 3 aromatic carbocycles. The van der Waals surface area contributed by atoms with Gasteiger partial charge in [0.15, 0.2) is 0 Å². The summed E-state index contributed by atoms with van der Waals surface area (Å²) in [5, 5.41) is 143. The Labute approximate surface area is 689 Å². The number of benzene rings is 3. The van der Waals surface area contributed by atoms with E-state index in [9.17, 15) is 0 Å². The largest absolute Gasteiger partial charge is 0.508 e. The summed E-state index contributed by atoms with van der Waals surface area (Å²) in [6.45, 7) is 56.0. The fourth-order valence-electron chi connectivity index (χ4n) is 1.28. The summed E-state index contributed by atoms with van der Waals surface area (Å²) < 4.78 is 0. The van der Waals surface area contributed by atoms with Crippen LogP contribution < -0.4 is 0 Å². The Bertz CT molecular complexity index is 1060. The standard InChI is InChI=1S/3C6H6O.6C4H10O.3C3H8O.3C2H6O.3C2H5.3CH4O.3CH3.7Ti/c3*7-6-4-2-1-3-5-6;3*1-4(2,3)5;3*1-4(2)3-5;3*1-2-3-4;3*1-2-3;6*1-2;;;;;;;;;;/h3*1-5,7H;3*5H,1-3H3;3*4-5H,3H2,1-2H3;3*4H,2-3H2,1H3;3*3H,2H2,1H3;3*1H2,2H3;3*2H,1H3;3*1H3;;;;;;;/q;;;;;;;;;;;;;;;3*-1;;;;3*-1;;;;;;;. The van der Waals surface area contributed by atoms with E-state index in [-0.39, 0.29) is 194 Å². The molecule has 0 aromatic heterocycles. The molecule has 0 amide bonds. The summed E-state index contributed by atoms with van der Waals surface area (Å²) in [7, 11) is 3.00. The van der Waals surface area contributed by atoms with Crippen molar-refractivity contribution >= 4 is 0 Å². The molecule has 18 N–H and O–H groups in total. The molecule has 574 valence electrons. The van der Waals surface area contributed by atoms with Crippen LogP contribution in [0.5, 0.6) is 17.2 Å². The number of aliphatic hydroxyl groups excluding tert-OH is 12. The van der Waals surface area contributed by atoms with E-state index in [1.807, 2.05) is 80.5 Å². The number of phenolic OH excluding ortho intramolecular Hbond substituents is 3. The number of aromatic hydroxyl groups is 3. The molecule has 0 fully saturated rings. The smallest absolute Gasteiger partial charge is 0.115 e. The van der Waals surface area contributed by atoms with Crippen LogP contribution in [0.15, 0.2) is 91.0 Å². The maximum Gasteiger partial charge on any atom is 0.115 e. The van der Waals surface area contributed by atoms with E-state index in [0.29, 0.717) is 74.6 Å². The minimum Gasteiger partial charge on any atom is -0.508 e. The van der Waals surface area contributed by atoms with Gasteiger partial charge in [-0.25, -0.2) is 0 Å². The van der Waals surface area contributed by atoms with E-state index < -0.39 is 16.8 Å². The molecular formula is C69H156O18Ti7-6. The molecule has 0 aliphatic rings. The number of hydrogen-bond donors (Lipinski definition) is 18. The van der Waals surface area contributed by atoms with Crippen LogP contribution in [0, 0.1) is 60.8 Å². The third kappa shape index (κ3) is 673. The van der Waals surface area contributed by atoms with Crippen molar-refractivity contribution in [2.75, 3.05) is 80.8 Å². The van der Waals surface area contributed by atoms with Gasteiger partial charge in [-0.3, -0.25) is 0 Å². The van der Waals surface area contributed by atoms with Crippen LogP contribution in [0.2, 0.25) is 0 Å². The van der Waals surface area contributed by atoms with E-state index in [1.54, 1.807) is 177 Å². The average molecular weight is 1610 g/mol. The number of aliphatic hydroxyl groups is 15. The Morgan fingerprint density at radius 2 is 0.351 bits per heavy atom. The van der Waals surface area contributed by atoms with Gasteiger partial charge in [0.1, 0.15) is 17.2 Å². The van der Waals surface area contributed by atoms with E-state index in [0.717, 1.165) is 40.6 Å². The number of para-hydroxylation sites is 3. The summed E-state index contributed by atoms with van der Waals surface area (Å²) in [6.07, 6.45) is 2.62. The van der Waals surface area contributed by atoms with Crippen molar-refractivity contribution in [3.63, 3.8) is 0 Å². The van der Waals surface area contributed by atoms with E-state index in [4.69, 9.17) is 91.9 Å². The van der Waals surface area contributed by atoms with Crippen LogP contribution in [0.4, 0.5) is 0 Å². The van der Waals surface area contributed by atoms with E-state index in [1.165, 1.54) is 0 Å². The van der Waals surface area contributed by atoms with Gasteiger partial charge in [0.05, 0.1) is 16.8 Å². The summed E-state index contributed by atoms with van der Waals surface area (Å²) in [6, 6.07) is 26.1. The molecular weight excluding hydrogens is 1450 g/mol. The number of hydrogen-bond acceptors (Lipinski definition) is 18. The SMILES string of the molecule is CC(C)(C)O.CC(C)(C)O.CC(C)(C)O.CC(C)CO.CC(C)CO.CC(C)CO.CCCO.CCCO.CCCO.CCO.CCO.CCO.CO.CO.CO.Oc1ccccc1.Oc1ccccc1.Oc1ccccc1.[CH2-]C.[CH2-]C.[CH2-]C.[CH3-].[CH3-].[CH3-].[Ti].[Ti].[Ti].[Ti].[Ti].[Ti].[Ti]. The Morgan fingerprint density at radius 3 is 0.372 bits per heavy atom.